The molecule has 1 fully saturated rings. The molecule has 0 saturated carbocycles. The zero-order valence-corrected chi connectivity index (χ0v) is 11.7. The summed E-state index contributed by atoms with van der Waals surface area (Å²) < 4.78 is 5.37. The van der Waals surface area contributed by atoms with Crippen LogP contribution in [0.15, 0.2) is 40.9 Å². The van der Waals surface area contributed by atoms with Gasteiger partial charge in [-0.05, 0) is 19.4 Å². The number of hydrogen-bond donors (Lipinski definition) is 1. The Balaban J connectivity index is 1.73. The predicted molar refractivity (Wildman–Crippen MR) is 77.6 cm³/mol. The number of piperidine rings is 1. The number of likely N-dealkylation sites (tertiary alicyclic amines) is 1. The van der Waals surface area contributed by atoms with E-state index in [1.54, 1.807) is 0 Å². The number of carbonyl (C=O) groups is 1. The molecule has 0 amide bonds. The van der Waals surface area contributed by atoms with Gasteiger partial charge in [-0.2, -0.15) is 0 Å². The standard InChI is InChI=1S/C16H18N2O3/c19-16(20)15-8-4-5-9-18(15)11-13-10-14(17-21-13)12-6-2-1-3-7-12/h1-3,6-7,10,15H,4-5,8-9,11H2,(H,19,20). The minimum absolute atomic E-state index is 0.413. The van der Waals surface area contributed by atoms with E-state index in [-0.39, 0.29) is 0 Å². The normalized spacial score (nSPS) is 19.5. The minimum atomic E-state index is -0.752. The van der Waals surface area contributed by atoms with Gasteiger partial charge in [0.15, 0.2) is 5.76 Å². The van der Waals surface area contributed by atoms with Gasteiger partial charge in [-0.25, -0.2) is 0 Å². The molecule has 0 bridgehead atoms. The Morgan fingerprint density at radius 3 is 2.90 bits per heavy atom. The maximum atomic E-state index is 11.3. The maximum Gasteiger partial charge on any atom is 0.320 e. The Kier molecular flexibility index (Phi) is 4.01. The number of nitrogens with zero attached hydrogens (tertiary/aromatic N) is 2. The van der Waals surface area contributed by atoms with Gasteiger partial charge in [0, 0.05) is 11.6 Å². The molecule has 0 radical (unpaired) electrons. The number of aromatic nitrogens is 1. The second-order valence-electron chi connectivity index (χ2n) is 5.36. The van der Waals surface area contributed by atoms with Crippen LogP contribution in [0.25, 0.3) is 11.3 Å². The van der Waals surface area contributed by atoms with Gasteiger partial charge >= 0.3 is 5.97 Å². The van der Waals surface area contributed by atoms with Gasteiger partial charge in [0.2, 0.25) is 0 Å². The van der Waals surface area contributed by atoms with Gasteiger partial charge in [0.25, 0.3) is 0 Å². The molecule has 5 heteroatoms. The van der Waals surface area contributed by atoms with Crippen LogP contribution in [0.3, 0.4) is 0 Å². The second-order valence-corrected chi connectivity index (χ2v) is 5.36. The van der Waals surface area contributed by atoms with Crippen molar-refractivity contribution in [2.24, 2.45) is 0 Å². The number of benzene rings is 1. The monoisotopic (exact) mass is 286 g/mol. The Labute approximate surface area is 123 Å². The highest BCUT2D eigenvalue weighted by Gasteiger charge is 2.29. The van der Waals surface area contributed by atoms with Crippen LogP contribution in [0.1, 0.15) is 25.0 Å². The summed E-state index contributed by atoms with van der Waals surface area (Å²) in [5.41, 5.74) is 1.79. The molecular formula is C16H18N2O3. The Bertz CT molecular complexity index is 609. The molecule has 1 aliphatic rings. The van der Waals surface area contributed by atoms with E-state index in [0.717, 1.165) is 30.6 Å². The molecule has 1 aliphatic heterocycles. The van der Waals surface area contributed by atoms with E-state index in [9.17, 15) is 9.90 Å². The predicted octanol–water partition coefficient (Wildman–Crippen LogP) is 2.78. The first-order chi connectivity index (χ1) is 10.2. The highest BCUT2D eigenvalue weighted by molar-refractivity contribution is 5.73. The van der Waals surface area contributed by atoms with Gasteiger partial charge in [-0.15, -0.1) is 0 Å². The van der Waals surface area contributed by atoms with Crippen LogP contribution < -0.4 is 0 Å². The van der Waals surface area contributed by atoms with E-state index >= 15 is 0 Å². The summed E-state index contributed by atoms with van der Waals surface area (Å²) in [4.78, 5) is 13.3. The molecule has 1 aromatic carbocycles. The fourth-order valence-corrected chi connectivity index (χ4v) is 2.79. The van der Waals surface area contributed by atoms with E-state index < -0.39 is 12.0 Å². The van der Waals surface area contributed by atoms with Crippen LogP contribution in [0.5, 0.6) is 0 Å². The summed E-state index contributed by atoms with van der Waals surface area (Å²) in [5, 5.41) is 13.4. The van der Waals surface area contributed by atoms with Crippen LogP contribution in [0.2, 0.25) is 0 Å². The summed E-state index contributed by atoms with van der Waals surface area (Å²) in [5.74, 6) is -0.0421. The van der Waals surface area contributed by atoms with Crippen molar-refractivity contribution in [2.75, 3.05) is 6.54 Å². The molecule has 1 aromatic heterocycles. The number of hydrogen-bond acceptors (Lipinski definition) is 4. The third kappa shape index (κ3) is 3.13. The molecule has 2 heterocycles. The third-order valence-corrected chi connectivity index (χ3v) is 3.89. The number of rotatable bonds is 4. The minimum Gasteiger partial charge on any atom is -0.480 e. The van der Waals surface area contributed by atoms with E-state index in [1.165, 1.54) is 0 Å². The van der Waals surface area contributed by atoms with Crippen molar-refractivity contribution >= 4 is 5.97 Å². The van der Waals surface area contributed by atoms with Crippen molar-refractivity contribution in [1.82, 2.24) is 10.1 Å². The van der Waals surface area contributed by atoms with E-state index in [4.69, 9.17) is 4.52 Å². The zero-order valence-electron chi connectivity index (χ0n) is 11.7. The van der Waals surface area contributed by atoms with Crippen molar-refractivity contribution in [3.63, 3.8) is 0 Å². The maximum absolute atomic E-state index is 11.3. The lowest BCUT2D eigenvalue weighted by Gasteiger charge is -2.31. The summed E-state index contributed by atoms with van der Waals surface area (Å²) in [6.07, 6.45) is 2.71. The SMILES string of the molecule is O=C(O)C1CCCCN1Cc1cc(-c2ccccc2)no1. The summed E-state index contributed by atoms with van der Waals surface area (Å²) in [6, 6.07) is 11.3. The van der Waals surface area contributed by atoms with Crippen LogP contribution in [-0.2, 0) is 11.3 Å². The molecule has 1 saturated heterocycles. The van der Waals surface area contributed by atoms with E-state index in [0.29, 0.717) is 18.7 Å². The van der Waals surface area contributed by atoms with Gasteiger partial charge in [-0.1, -0.05) is 41.9 Å². The fourth-order valence-electron chi connectivity index (χ4n) is 2.79. The van der Waals surface area contributed by atoms with Crippen molar-refractivity contribution in [2.45, 2.75) is 31.8 Å². The smallest absolute Gasteiger partial charge is 0.320 e. The molecule has 3 rings (SSSR count). The Morgan fingerprint density at radius 2 is 2.14 bits per heavy atom. The van der Waals surface area contributed by atoms with Crippen LogP contribution in [0.4, 0.5) is 0 Å². The average molecular weight is 286 g/mol. The Hall–Kier alpha value is -2.14. The van der Waals surface area contributed by atoms with Gasteiger partial charge < -0.3 is 9.63 Å². The van der Waals surface area contributed by atoms with Crippen molar-refractivity contribution in [3.8, 4) is 11.3 Å². The molecule has 1 N–H and O–H groups in total. The molecule has 2 aromatic rings. The largest absolute Gasteiger partial charge is 0.480 e. The highest BCUT2D eigenvalue weighted by atomic mass is 16.5. The van der Waals surface area contributed by atoms with Crippen molar-refractivity contribution in [1.29, 1.82) is 0 Å². The molecule has 0 aliphatic carbocycles. The third-order valence-electron chi connectivity index (χ3n) is 3.89. The summed E-state index contributed by atoms with van der Waals surface area (Å²) >= 11 is 0. The molecule has 110 valence electrons. The molecule has 21 heavy (non-hydrogen) atoms. The number of aliphatic carboxylic acids is 1. The average Bonchev–Trinajstić information content (AvgIpc) is 2.97. The van der Waals surface area contributed by atoms with Gasteiger partial charge in [-0.3, -0.25) is 9.69 Å². The number of carboxylic acids is 1. The first kappa shape index (κ1) is 13.8. The summed E-state index contributed by atoms with van der Waals surface area (Å²) in [6.45, 7) is 1.29. The van der Waals surface area contributed by atoms with Crippen LogP contribution >= 0.6 is 0 Å². The number of carboxylic acid groups (broad SMARTS) is 1. The lowest BCUT2D eigenvalue weighted by atomic mass is 10.0. The quantitative estimate of drug-likeness (QED) is 0.936. The lowest BCUT2D eigenvalue weighted by molar-refractivity contribution is -0.145. The highest BCUT2D eigenvalue weighted by Crippen LogP contribution is 2.23. The lowest BCUT2D eigenvalue weighted by Crippen LogP contribution is -2.43. The fraction of sp³-hybridized carbons (Fsp3) is 0.375. The van der Waals surface area contributed by atoms with Crippen molar-refractivity contribution < 1.29 is 14.4 Å². The van der Waals surface area contributed by atoms with Crippen molar-refractivity contribution in [3.05, 3.63) is 42.2 Å². The zero-order chi connectivity index (χ0) is 14.7. The second kappa shape index (κ2) is 6.10. The molecule has 1 unspecified atom stereocenters. The summed E-state index contributed by atoms with van der Waals surface area (Å²) in [7, 11) is 0. The van der Waals surface area contributed by atoms with Crippen LogP contribution in [-0.4, -0.2) is 33.7 Å². The molecule has 5 nitrogen and oxygen atoms in total. The molecule has 0 spiro atoms. The van der Waals surface area contributed by atoms with Gasteiger partial charge in [0.1, 0.15) is 11.7 Å². The van der Waals surface area contributed by atoms with Gasteiger partial charge in [0.05, 0.1) is 6.54 Å². The molecule has 1 atom stereocenters. The first-order valence-corrected chi connectivity index (χ1v) is 7.22. The van der Waals surface area contributed by atoms with Crippen LogP contribution in [0, 0.1) is 0 Å². The first-order valence-electron chi connectivity index (χ1n) is 7.22. The van der Waals surface area contributed by atoms with E-state index in [2.05, 4.69) is 5.16 Å². The molecular weight excluding hydrogens is 268 g/mol. The topological polar surface area (TPSA) is 66.6 Å². The van der Waals surface area contributed by atoms with E-state index in [1.807, 2.05) is 41.3 Å². The Morgan fingerprint density at radius 1 is 1.33 bits per heavy atom.